The van der Waals surface area contributed by atoms with Crippen LogP contribution in [0.4, 0.5) is 11.8 Å². The number of anilines is 2. The number of aliphatic hydroxyl groups excluding tert-OH is 2. The largest absolute Gasteiger partial charge is 0.390 e. The number of hydrogen-bond donors (Lipinski definition) is 2. The van der Waals surface area contributed by atoms with Crippen molar-refractivity contribution >= 4 is 11.8 Å². The molecule has 1 aromatic rings. The molecule has 1 aromatic heterocycles. The SMILES string of the molecule is CCc1cc(N2CCC3(CC2)OCC[C@H](O)[C@@H]3O)nc(N2CCOCC2)n1. The van der Waals surface area contributed by atoms with Gasteiger partial charge in [0.25, 0.3) is 0 Å². The van der Waals surface area contributed by atoms with Gasteiger partial charge in [-0.15, -0.1) is 0 Å². The fourth-order valence-electron chi connectivity index (χ4n) is 4.25. The van der Waals surface area contributed by atoms with Gasteiger partial charge in [0.1, 0.15) is 11.9 Å². The Balaban J connectivity index is 1.50. The van der Waals surface area contributed by atoms with Crippen LogP contribution in [-0.4, -0.2) is 84.0 Å². The van der Waals surface area contributed by atoms with Crippen molar-refractivity contribution in [2.45, 2.75) is 50.4 Å². The number of rotatable bonds is 3. The maximum Gasteiger partial charge on any atom is 0.227 e. The molecule has 2 N–H and O–H groups in total. The number of nitrogens with zero attached hydrogens (tertiary/aromatic N) is 4. The van der Waals surface area contributed by atoms with Crippen molar-refractivity contribution in [1.29, 1.82) is 0 Å². The molecule has 0 aromatic carbocycles. The molecule has 150 valence electrons. The zero-order valence-electron chi connectivity index (χ0n) is 16.0. The van der Waals surface area contributed by atoms with Crippen molar-refractivity contribution in [3.05, 3.63) is 11.8 Å². The lowest BCUT2D eigenvalue weighted by Crippen LogP contribution is -2.60. The van der Waals surface area contributed by atoms with E-state index < -0.39 is 17.8 Å². The van der Waals surface area contributed by atoms with E-state index in [-0.39, 0.29) is 0 Å². The maximum absolute atomic E-state index is 10.5. The van der Waals surface area contributed by atoms with E-state index in [1.807, 2.05) is 0 Å². The van der Waals surface area contributed by atoms with Gasteiger partial charge in [-0.25, -0.2) is 4.98 Å². The van der Waals surface area contributed by atoms with E-state index in [0.29, 0.717) is 39.1 Å². The van der Waals surface area contributed by atoms with Gasteiger partial charge in [-0.05, 0) is 25.7 Å². The molecule has 0 saturated carbocycles. The van der Waals surface area contributed by atoms with E-state index >= 15 is 0 Å². The molecule has 8 heteroatoms. The summed E-state index contributed by atoms with van der Waals surface area (Å²) in [4.78, 5) is 14.0. The zero-order valence-corrected chi connectivity index (χ0v) is 16.0. The van der Waals surface area contributed by atoms with Crippen LogP contribution < -0.4 is 9.80 Å². The van der Waals surface area contributed by atoms with Crippen LogP contribution in [0.5, 0.6) is 0 Å². The van der Waals surface area contributed by atoms with Crippen molar-refractivity contribution in [3.63, 3.8) is 0 Å². The summed E-state index contributed by atoms with van der Waals surface area (Å²) < 4.78 is 11.4. The second-order valence-electron chi connectivity index (χ2n) is 7.67. The first kappa shape index (κ1) is 18.9. The van der Waals surface area contributed by atoms with E-state index in [1.54, 1.807) is 0 Å². The topological polar surface area (TPSA) is 91.2 Å². The minimum absolute atomic E-state index is 0.501. The summed E-state index contributed by atoms with van der Waals surface area (Å²) in [6.07, 6.45) is 1.23. The number of morpholine rings is 1. The van der Waals surface area contributed by atoms with Crippen LogP contribution in [0.3, 0.4) is 0 Å². The highest BCUT2D eigenvalue weighted by molar-refractivity contribution is 5.47. The molecule has 3 fully saturated rings. The summed E-state index contributed by atoms with van der Waals surface area (Å²) in [6.45, 7) is 7.14. The van der Waals surface area contributed by atoms with Crippen LogP contribution in [-0.2, 0) is 15.9 Å². The lowest BCUT2D eigenvalue weighted by molar-refractivity contribution is -0.205. The van der Waals surface area contributed by atoms with Crippen LogP contribution in [0.25, 0.3) is 0 Å². The minimum atomic E-state index is -0.811. The van der Waals surface area contributed by atoms with Crippen LogP contribution in [0.15, 0.2) is 6.07 Å². The quantitative estimate of drug-likeness (QED) is 0.779. The fraction of sp³-hybridized carbons (Fsp3) is 0.789. The second-order valence-corrected chi connectivity index (χ2v) is 7.67. The maximum atomic E-state index is 10.5. The van der Waals surface area contributed by atoms with E-state index in [9.17, 15) is 10.2 Å². The Kier molecular flexibility index (Phi) is 5.50. The van der Waals surface area contributed by atoms with Crippen molar-refractivity contribution in [3.8, 4) is 0 Å². The Labute approximate surface area is 160 Å². The number of aliphatic hydroxyl groups is 2. The smallest absolute Gasteiger partial charge is 0.227 e. The lowest BCUT2D eigenvalue weighted by Gasteiger charge is -2.48. The summed E-state index contributed by atoms with van der Waals surface area (Å²) in [5.74, 6) is 1.71. The number of aryl methyl sites for hydroxylation is 1. The van der Waals surface area contributed by atoms with Crippen LogP contribution in [0, 0.1) is 0 Å². The number of hydrogen-bond acceptors (Lipinski definition) is 8. The zero-order chi connectivity index (χ0) is 18.9. The summed E-state index contributed by atoms with van der Waals surface area (Å²) in [5.41, 5.74) is 0.410. The van der Waals surface area contributed by atoms with Crippen LogP contribution in [0.1, 0.15) is 31.9 Å². The average molecular weight is 378 g/mol. The minimum Gasteiger partial charge on any atom is -0.390 e. The highest BCUT2D eigenvalue weighted by Crippen LogP contribution is 2.36. The molecule has 3 saturated heterocycles. The van der Waals surface area contributed by atoms with Crippen molar-refractivity contribution in [2.24, 2.45) is 0 Å². The standard InChI is InChI=1S/C19H30N4O4/c1-2-14-13-16(21-18(20-14)23-8-11-26-12-9-23)22-6-4-19(5-7-22)17(25)15(24)3-10-27-19/h13,15,17,24-25H,2-12H2,1H3/t15-,17-/m0/s1. The molecular weight excluding hydrogens is 348 g/mol. The molecule has 4 rings (SSSR count). The number of ether oxygens (including phenoxy) is 2. The van der Waals surface area contributed by atoms with Gasteiger partial charge in [0.05, 0.1) is 31.5 Å². The molecule has 2 atom stereocenters. The molecule has 27 heavy (non-hydrogen) atoms. The number of piperidine rings is 1. The molecule has 3 aliphatic rings. The van der Waals surface area contributed by atoms with Gasteiger partial charge in [-0.3, -0.25) is 0 Å². The summed E-state index contributed by atoms with van der Waals surface area (Å²) >= 11 is 0. The Hall–Kier alpha value is -1.48. The van der Waals surface area contributed by atoms with Crippen LogP contribution >= 0.6 is 0 Å². The molecule has 3 aliphatic heterocycles. The molecule has 8 nitrogen and oxygen atoms in total. The van der Waals surface area contributed by atoms with Gasteiger partial charge < -0.3 is 29.5 Å². The third-order valence-electron chi connectivity index (χ3n) is 6.05. The highest BCUT2D eigenvalue weighted by Gasteiger charge is 2.47. The van der Waals surface area contributed by atoms with Gasteiger partial charge >= 0.3 is 0 Å². The molecular formula is C19H30N4O4. The Morgan fingerprint density at radius 3 is 2.52 bits per heavy atom. The summed E-state index contributed by atoms with van der Waals surface area (Å²) in [7, 11) is 0. The molecule has 0 unspecified atom stereocenters. The van der Waals surface area contributed by atoms with Crippen molar-refractivity contribution in [1.82, 2.24) is 9.97 Å². The average Bonchev–Trinajstić information content (AvgIpc) is 2.73. The highest BCUT2D eigenvalue weighted by atomic mass is 16.5. The normalized spacial score (nSPS) is 28.6. The molecule has 4 heterocycles. The Bertz CT molecular complexity index is 645. The van der Waals surface area contributed by atoms with Crippen LogP contribution in [0.2, 0.25) is 0 Å². The van der Waals surface area contributed by atoms with E-state index in [0.717, 1.165) is 50.1 Å². The predicted octanol–water partition coefficient (Wildman–Crippen LogP) is 0.357. The molecule has 0 radical (unpaired) electrons. The Morgan fingerprint density at radius 2 is 1.81 bits per heavy atom. The van der Waals surface area contributed by atoms with E-state index in [1.165, 1.54) is 0 Å². The molecule has 1 spiro atoms. The summed E-state index contributed by atoms with van der Waals surface area (Å²) in [6, 6.07) is 2.06. The molecule has 0 amide bonds. The summed E-state index contributed by atoms with van der Waals surface area (Å²) in [5, 5.41) is 20.5. The van der Waals surface area contributed by atoms with Crippen molar-refractivity contribution < 1.29 is 19.7 Å². The first-order chi connectivity index (χ1) is 13.1. The van der Waals surface area contributed by atoms with Gasteiger partial charge in [-0.1, -0.05) is 6.92 Å². The molecule has 0 bridgehead atoms. The monoisotopic (exact) mass is 378 g/mol. The van der Waals surface area contributed by atoms with Crippen molar-refractivity contribution in [2.75, 3.05) is 55.8 Å². The number of aromatic nitrogens is 2. The van der Waals surface area contributed by atoms with Gasteiger partial charge in [0.2, 0.25) is 5.95 Å². The first-order valence-electron chi connectivity index (χ1n) is 10.1. The molecule has 0 aliphatic carbocycles. The third-order valence-corrected chi connectivity index (χ3v) is 6.05. The fourth-order valence-corrected chi connectivity index (χ4v) is 4.25. The lowest BCUT2D eigenvalue weighted by atomic mass is 9.80. The predicted molar refractivity (Wildman–Crippen MR) is 101 cm³/mol. The third kappa shape index (κ3) is 3.76. The second kappa shape index (κ2) is 7.87. The van der Waals surface area contributed by atoms with Gasteiger partial charge in [-0.2, -0.15) is 4.98 Å². The Morgan fingerprint density at radius 1 is 1.07 bits per heavy atom. The van der Waals surface area contributed by atoms with E-state index in [4.69, 9.17) is 19.4 Å². The van der Waals surface area contributed by atoms with E-state index in [2.05, 4.69) is 22.8 Å². The van der Waals surface area contributed by atoms with Gasteiger partial charge in [0, 0.05) is 37.9 Å². The van der Waals surface area contributed by atoms with Gasteiger partial charge in [0.15, 0.2) is 0 Å². The first-order valence-corrected chi connectivity index (χ1v) is 10.1.